The van der Waals surface area contributed by atoms with Crippen molar-refractivity contribution >= 4 is 40.9 Å². The Kier molecular flexibility index (Phi) is 5.28. The summed E-state index contributed by atoms with van der Waals surface area (Å²) >= 11 is 4.21. The summed E-state index contributed by atoms with van der Waals surface area (Å²) in [6.45, 7) is 0.696. The van der Waals surface area contributed by atoms with E-state index >= 15 is 0 Å². The van der Waals surface area contributed by atoms with Crippen molar-refractivity contribution < 1.29 is 17.9 Å². The molecule has 1 nitrogen and oxygen atoms in total. The zero-order chi connectivity index (χ0) is 13.9. The highest BCUT2D eigenvalue weighted by molar-refractivity contribution is 8.03. The normalized spacial score (nSPS) is 25.1. The molecule has 1 aromatic rings. The maximum absolute atomic E-state index is 12.4. The summed E-state index contributed by atoms with van der Waals surface area (Å²) < 4.78 is 42.9. The number of ether oxygens (including phenoxy) is 1. The van der Waals surface area contributed by atoms with Gasteiger partial charge in [-0.05, 0) is 30.5 Å². The number of halogens is 3. The topological polar surface area (TPSA) is 9.23 Å². The van der Waals surface area contributed by atoms with Gasteiger partial charge in [0.2, 0.25) is 0 Å². The highest BCUT2D eigenvalue weighted by atomic mass is 32.2. The van der Waals surface area contributed by atoms with Crippen LogP contribution in [0, 0.1) is 0 Å². The van der Waals surface area contributed by atoms with E-state index in [0.29, 0.717) is 16.7 Å². The van der Waals surface area contributed by atoms with Crippen LogP contribution >= 0.6 is 34.9 Å². The van der Waals surface area contributed by atoms with Gasteiger partial charge in [-0.3, -0.25) is 0 Å². The molecule has 1 fully saturated rings. The number of hydrogen-bond acceptors (Lipinski definition) is 4. The molecule has 19 heavy (non-hydrogen) atoms. The maximum Gasteiger partial charge on any atom is 0.425 e. The lowest BCUT2D eigenvalue weighted by atomic mass is 10.4. The van der Waals surface area contributed by atoms with Crippen molar-refractivity contribution in [2.24, 2.45) is 0 Å². The highest BCUT2D eigenvalue weighted by Crippen LogP contribution is 2.35. The van der Waals surface area contributed by atoms with Crippen molar-refractivity contribution in [3.05, 3.63) is 28.0 Å². The van der Waals surface area contributed by atoms with E-state index in [9.17, 15) is 13.2 Å². The summed E-state index contributed by atoms with van der Waals surface area (Å²) in [5.74, 6) is 1.01. The van der Waals surface area contributed by atoms with Crippen molar-refractivity contribution in [2.45, 2.75) is 16.9 Å². The molecule has 1 saturated heterocycles. The molecule has 1 aliphatic heterocycles. The molecule has 0 bridgehead atoms. The van der Waals surface area contributed by atoms with E-state index in [1.807, 2.05) is 6.08 Å². The minimum atomic E-state index is -4.25. The van der Waals surface area contributed by atoms with Crippen LogP contribution in [0.3, 0.4) is 0 Å². The predicted molar refractivity (Wildman–Crippen MR) is 77.9 cm³/mol. The van der Waals surface area contributed by atoms with Crippen LogP contribution in [0.5, 0.6) is 0 Å². The van der Waals surface area contributed by atoms with Crippen LogP contribution in [0.25, 0.3) is 6.08 Å². The van der Waals surface area contributed by atoms with Gasteiger partial charge < -0.3 is 4.74 Å². The van der Waals surface area contributed by atoms with Crippen LogP contribution in [0.2, 0.25) is 0 Å². The molecule has 0 spiro atoms. The van der Waals surface area contributed by atoms with Gasteiger partial charge in [-0.1, -0.05) is 0 Å². The largest absolute Gasteiger partial charge is 0.425 e. The van der Waals surface area contributed by atoms with Crippen LogP contribution in [0.4, 0.5) is 13.2 Å². The summed E-state index contributed by atoms with van der Waals surface area (Å²) in [7, 11) is 0. The second-order valence-electron chi connectivity index (χ2n) is 3.95. The van der Waals surface area contributed by atoms with Crippen molar-refractivity contribution in [1.29, 1.82) is 0 Å². The highest BCUT2D eigenvalue weighted by Gasteiger charge is 2.32. The van der Waals surface area contributed by atoms with E-state index in [4.69, 9.17) is 4.74 Å². The molecule has 2 atom stereocenters. The van der Waals surface area contributed by atoms with Crippen molar-refractivity contribution in [1.82, 2.24) is 0 Å². The maximum atomic E-state index is 12.4. The first kappa shape index (κ1) is 15.3. The third-order valence-electron chi connectivity index (χ3n) is 2.55. The number of thioether (sulfide) groups is 2. The van der Waals surface area contributed by atoms with Gasteiger partial charge in [-0.25, -0.2) is 0 Å². The Bertz CT molecular complexity index is 434. The first-order valence-corrected chi connectivity index (χ1v) is 8.75. The summed E-state index contributed by atoms with van der Waals surface area (Å²) in [6, 6.07) is 2.60. The fourth-order valence-electron chi connectivity index (χ4n) is 1.52. The van der Waals surface area contributed by atoms with Crippen molar-refractivity contribution in [3.63, 3.8) is 0 Å². The van der Waals surface area contributed by atoms with E-state index in [0.717, 1.165) is 23.2 Å². The SMILES string of the molecule is CSC1COC(C=Cc2ccc(C(F)(F)F)s2)SC1. The standard InChI is InChI=1S/C12H13F3OS3/c1-17-9-6-16-11(18-7-9)5-3-8-2-4-10(19-8)12(13,14)15/h2-5,9,11H,6-7H2,1H3. The molecular formula is C12H13F3OS3. The van der Waals surface area contributed by atoms with Crippen molar-refractivity contribution in [2.75, 3.05) is 18.6 Å². The molecule has 0 aliphatic carbocycles. The smallest absolute Gasteiger partial charge is 0.362 e. The molecule has 0 saturated carbocycles. The molecule has 0 radical (unpaired) electrons. The molecule has 0 aromatic carbocycles. The molecule has 0 amide bonds. The molecule has 7 heteroatoms. The fraction of sp³-hybridized carbons (Fsp3) is 0.500. The Morgan fingerprint density at radius 1 is 1.42 bits per heavy atom. The minimum Gasteiger partial charge on any atom is -0.362 e. The molecule has 2 rings (SSSR count). The van der Waals surface area contributed by atoms with Crippen LogP contribution in [0.1, 0.15) is 9.75 Å². The molecule has 1 aromatic heterocycles. The average Bonchev–Trinajstić information content (AvgIpc) is 2.86. The Labute approximate surface area is 122 Å². The van der Waals surface area contributed by atoms with Gasteiger partial charge in [0.15, 0.2) is 0 Å². The van der Waals surface area contributed by atoms with Crippen LogP contribution in [-0.2, 0) is 10.9 Å². The molecule has 0 N–H and O–H groups in total. The van der Waals surface area contributed by atoms with Gasteiger partial charge >= 0.3 is 6.18 Å². The lowest BCUT2D eigenvalue weighted by Crippen LogP contribution is -2.25. The summed E-state index contributed by atoms with van der Waals surface area (Å²) in [5, 5.41) is 0.508. The van der Waals surface area contributed by atoms with Gasteiger partial charge in [0, 0.05) is 15.9 Å². The van der Waals surface area contributed by atoms with Gasteiger partial charge in [-0.2, -0.15) is 24.9 Å². The first-order valence-electron chi connectivity index (χ1n) is 5.60. The summed E-state index contributed by atoms with van der Waals surface area (Å²) in [6.07, 6.45) is 1.33. The monoisotopic (exact) mass is 326 g/mol. The van der Waals surface area contributed by atoms with Crippen LogP contribution in [0.15, 0.2) is 18.2 Å². The van der Waals surface area contributed by atoms with Gasteiger partial charge in [0.1, 0.15) is 10.3 Å². The molecule has 1 aliphatic rings. The number of alkyl halides is 3. The average molecular weight is 326 g/mol. The van der Waals surface area contributed by atoms with Gasteiger partial charge in [0.25, 0.3) is 0 Å². The summed E-state index contributed by atoms with van der Waals surface area (Å²) in [5.41, 5.74) is -0.0557. The van der Waals surface area contributed by atoms with E-state index in [1.165, 1.54) is 6.07 Å². The van der Waals surface area contributed by atoms with Gasteiger partial charge in [0.05, 0.1) is 6.61 Å². The van der Waals surface area contributed by atoms with E-state index < -0.39 is 11.1 Å². The van der Waals surface area contributed by atoms with Crippen LogP contribution < -0.4 is 0 Å². The lowest BCUT2D eigenvalue weighted by molar-refractivity contribution is -0.134. The third kappa shape index (κ3) is 4.44. The number of hydrogen-bond donors (Lipinski definition) is 0. The Morgan fingerprint density at radius 2 is 2.21 bits per heavy atom. The fourth-order valence-corrected chi connectivity index (χ4v) is 4.16. The summed E-state index contributed by atoms with van der Waals surface area (Å²) in [4.78, 5) is 0.0373. The molecule has 106 valence electrons. The van der Waals surface area contributed by atoms with Gasteiger partial charge in [-0.15, -0.1) is 23.1 Å². The predicted octanol–water partition coefficient (Wildman–Crippen LogP) is 4.60. The van der Waals surface area contributed by atoms with E-state index in [2.05, 4.69) is 6.26 Å². The Balaban J connectivity index is 1.91. The molecule has 2 unspecified atom stereocenters. The first-order chi connectivity index (χ1) is 8.99. The van der Waals surface area contributed by atoms with Crippen LogP contribution in [-0.4, -0.2) is 29.3 Å². The molecule has 2 heterocycles. The number of thiophene rings is 1. The second-order valence-corrected chi connectivity index (χ2v) is 7.34. The lowest BCUT2D eigenvalue weighted by Gasteiger charge is -2.25. The molecular weight excluding hydrogens is 313 g/mol. The zero-order valence-electron chi connectivity index (χ0n) is 10.1. The quantitative estimate of drug-likeness (QED) is 0.803. The van der Waals surface area contributed by atoms with Crippen molar-refractivity contribution in [3.8, 4) is 0 Å². The van der Waals surface area contributed by atoms with E-state index in [1.54, 1.807) is 29.6 Å². The second kappa shape index (κ2) is 6.56. The third-order valence-corrected chi connectivity index (χ3v) is 6.04. The Morgan fingerprint density at radius 3 is 2.74 bits per heavy atom. The van der Waals surface area contributed by atoms with E-state index in [-0.39, 0.29) is 5.44 Å². The Hall–Kier alpha value is -0.110. The number of rotatable bonds is 3. The zero-order valence-corrected chi connectivity index (χ0v) is 12.6. The minimum absolute atomic E-state index is 0.0557.